The zero-order valence-corrected chi connectivity index (χ0v) is 16.0. The van der Waals surface area contributed by atoms with E-state index in [4.69, 9.17) is 4.74 Å². The van der Waals surface area contributed by atoms with Gasteiger partial charge in [0.15, 0.2) is 5.65 Å². The highest BCUT2D eigenvalue weighted by Gasteiger charge is 2.21. The van der Waals surface area contributed by atoms with Crippen LogP contribution in [0.3, 0.4) is 0 Å². The molecule has 0 unspecified atom stereocenters. The third-order valence-electron chi connectivity index (χ3n) is 4.86. The lowest BCUT2D eigenvalue weighted by Crippen LogP contribution is -2.28. The Bertz CT molecular complexity index is 1010. The molecule has 0 spiro atoms. The number of benzene rings is 1. The van der Waals surface area contributed by atoms with Crippen molar-refractivity contribution in [3.05, 3.63) is 53.0 Å². The van der Waals surface area contributed by atoms with Gasteiger partial charge in [-0.1, -0.05) is 26.0 Å². The van der Waals surface area contributed by atoms with Crippen molar-refractivity contribution in [3.8, 4) is 5.75 Å². The molecule has 0 saturated carbocycles. The normalized spacial score (nSPS) is 15.8. The first-order valence-corrected chi connectivity index (χ1v) is 9.17. The molecule has 0 aliphatic carbocycles. The summed E-state index contributed by atoms with van der Waals surface area (Å²) in [7, 11) is 1.79. The zero-order valence-electron chi connectivity index (χ0n) is 16.0. The molecule has 4 rings (SSSR count). The molecule has 2 aromatic heterocycles. The Morgan fingerprint density at radius 3 is 2.96 bits per heavy atom. The summed E-state index contributed by atoms with van der Waals surface area (Å²) < 4.78 is 7.32. The lowest BCUT2D eigenvalue weighted by Gasteiger charge is -2.18. The van der Waals surface area contributed by atoms with Crippen LogP contribution in [0.5, 0.6) is 5.75 Å². The van der Waals surface area contributed by atoms with Crippen LogP contribution in [0.2, 0.25) is 0 Å². The molecule has 0 saturated heterocycles. The van der Waals surface area contributed by atoms with Gasteiger partial charge in [0.25, 0.3) is 5.91 Å². The number of carbonyl (C=O) groups is 1. The Kier molecular flexibility index (Phi) is 4.30. The molecule has 0 radical (unpaired) electrons. The van der Waals surface area contributed by atoms with Crippen LogP contribution in [0.4, 0.5) is 0 Å². The predicted octanol–water partition coefficient (Wildman–Crippen LogP) is 2.84. The second kappa shape index (κ2) is 6.64. The maximum atomic E-state index is 13.0. The van der Waals surface area contributed by atoms with Crippen molar-refractivity contribution < 1.29 is 9.53 Å². The highest BCUT2D eigenvalue weighted by molar-refractivity contribution is 5.92. The molecular weight excluding hydrogens is 342 g/mol. The van der Waals surface area contributed by atoms with E-state index in [9.17, 15) is 4.79 Å². The maximum Gasteiger partial charge on any atom is 0.274 e. The standard InChI is InChI=1S/C20H23N5O2/c1-12(2)16-9-17(23-25-11-21-22-19(16)25)20(26)24(4)10-14-5-6-18-15(8-14)7-13(3)27-18/h5-6,8-9,11-13H,7,10H2,1-4H3/t13-/m1/s1. The van der Waals surface area contributed by atoms with Gasteiger partial charge in [-0.25, -0.2) is 0 Å². The van der Waals surface area contributed by atoms with Crippen molar-refractivity contribution >= 4 is 11.6 Å². The van der Waals surface area contributed by atoms with Crippen LogP contribution in [-0.2, 0) is 13.0 Å². The van der Waals surface area contributed by atoms with Crippen molar-refractivity contribution in [1.29, 1.82) is 0 Å². The number of aromatic nitrogens is 4. The monoisotopic (exact) mass is 365 g/mol. The van der Waals surface area contributed by atoms with Gasteiger partial charge in [-0.05, 0) is 36.1 Å². The Labute approximate surface area is 158 Å². The summed E-state index contributed by atoms with van der Waals surface area (Å²) in [5, 5.41) is 12.4. The number of ether oxygens (including phenoxy) is 1. The molecule has 27 heavy (non-hydrogen) atoms. The number of hydrogen-bond donors (Lipinski definition) is 0. The number of fused-ring (bicyclic) bond motifs is 2. The summed E-state index contributed by atoms with van der Waals surface area (Å²) in [6, 6.07) is 7.95. The molecule has 1 atom stereocenters. The van der Waals surface area contributed by atoms with Crippen molar-refractivity contribution in [1.82, 2.24) is 24.7 Å². The van der Waals surface area contributed by atoms with Crippen molar-refractivity contribution in [2.75, 3.05) is 7.05 Å². The van der Waals surface area contributed by atoms with E-state index in [1.165, 1.54) is 11.9 Å². The third kappa shape index (κ3) is 3.25. The summed E-state index contributed by atoms with van der Waals surface area (Å²) in [4.78, 5) is 14.6. The summed E-state index contributed by atoms with van der Waals surface area (Å²) in [5.74, 6) is 1.04. The number of amides is 1. The SMILES string of the molecule is CC(C)c1cc(C(=O)N(C)Cc2ccc3c(c2)C[C@@H](C)O3)nn2cnnc12. The second-order valence-electron chi connectivity index (χ2n) is 7.47. The number of hydrogen-bond acceptors (Lipinski definition) is 5. The maximum absolute atomic E-state index is 13.0. The van der Waals surface area contributed by atoms with Crippen LogP contribution in [0.15, 0.2) is 30.6 Å². The Morgan fingerprint density at radius 2 is 2.19 bits per heavy atom. The topological polar surface area (TPSA) is 72.6 Å². The third-order valence-corrected chi connectivity index (χ3v) is 4.86. The van der Waals surface area contributed by atoms with Gasteiger partial charge in [-0.2, -0.15) is 9.61 Å². The van der Waals surface area contributed by atoms with E-state index in [-0.39, 0.29) is 17.9 Å². The zero-order chi connectivity index (χ0) is 19.1. The van der Waals surface area contributed by atoms with Gasteiger partial charge >= 0.3 is 0 Å². The minimum absolute atomic E-state index is 0.127. The number of carbonyl (C=O) groups excluding carboxylic acids is 1. The first-order valence-electron chi connectivity index (χ1n) is 9.17. The molecule has 1 aliphatic heterocycles. The molecule has 1 amide bonds. The van der Waals surface area contributed by atoms with Crippen LogP contribution in [0.1, 0.15) is 53.9 Å². The quantitative estimate of drug-likeness (QED) is 0.711. The average molecular weight is 365 g/mol. The molecule has 1 aromatic carbocycles. The van der Waals surface area contributed by atoms with Crippen molar-refractivity contribution in [2.45, 2.75) is 45.8 Å². The van der Waals surface area contributed by atoms with E-state index < -0.39 is 0 Å². The lowest BCUT2D eigenvalue weighted by atomic mass is 10.0. The van der Waals surface area contributed by atoms with E-state index in [0.29, 0.717) is 17.9 Å². The molecule has 1 aliphatic rings. The fraction of sp³-hybridized carbons (Fsp3) is 0.400. The van der Waals surface area contributed by atoms with Crippen LogP contribution in [0, 0.1) is 0 Å². The average Bonchev–Trinajstić information content (AvgIpc) is 3.24. The van der Waals surface area contributed by atoms with Gasteiger partial charge in [0, 0.05) is 25.6 Å². The fourth-order valence-electron chi connectivity index (χ4n) is 3.49. The minimum atomic E-state index is -0.127. The van der Waals surface area contributed by atoms with Gasteiger partial charge < -0.3 is 9.64 Å². The molecule has 3 aromatic rings. The Hall–Kier alpha value is -2.96. The van der Waals surface area contributed by atoms with Crippen LogP contribution in [0.25, 0.3) is 5.65 Å². The molecule has 3 heterocycles. The van der Waals surface area contributed by atoms with E-state index in [1.54, 1.807) is 16.5 Å². The van der Waals surface area contributed by atoms with E-state index in [0.717, 1.165) is 23.3 Å². The summed E-state index contributed by atoms with van der Waals surface area (Å²) in [6.07, 6.45) is 2.65. The van der Waals surface area contributed by atoms with Gasteiger partial charge in [0.2, 0.25) is 0 Å². The number of nitrogens with zero attached hydrogens (tertiary/aromatic N) is 5. The van der Waals surface area contributed by atoms with Crippen LogP contribution >= 0.6 is 0 Å². The Morgan fingerprint density at radius 1 is 1.37 bits per heavy atom. The lowest BCUT2D eigenvalue weighted by molar-refractivity contribution is 0.0777. The highest BCUT2D eigenvalue weighted by Crippen LogP contribution is 2.29. The molecule has 7 heteroatoms. The van der Waals surface area contributed by atoms with Crippen molar-refractivity contribution in [2.24, 2.45) is 0 Å². The van der Waals surface area contributed by atoms with E-state index in [2.05, 4.69) is 42.1 Å². The predicted molar refractivity (Wildman–Crippen MR) is 101 cm³/mol. The Balaban J connectivity index is 1.58. The van der Waals surface area contributed by atoms with Gasteiger partial charge in [-0.15, -0.1) is 10.2 Å². The first kappa shape index (κ1) is 17.5. The molecule has 0 fully saturated rings. The first-order chi connectivity index (χ1) is 12.9. The molecule has 0 N–H and O–H groups in total. The van der Waals surface area contributed by atoms with E-state index in [1.807, 2.05) is 18.2 Å². The smallest absolute Gasteiger partial charge is 0.274 e. The van der Waals surface area contributed by atoms with Crippen molar-refractivity contribution in [3.63, 3.8) is 0 Å². The fourth-order valence-corrected chi connectivity index (χ4v) is 3.49. The van der Waals surface area contributed by atoms with E-state index >= 15 is 0 Å². The summed E-state index contributed by atoms with van der Waals surface area (Å²) >= 11 is 0. The van der Waals surface area contributed by atoms with Gasteiger partial charge in [-0.3, -0.25) is 4.79 Å². The second-order valence-corrected chi connectivity index (χ2v) is 7.47. The molecule has 140 valence electrons. The molecule has 7 nitrogen and oxygen atoms in total. The molecule has 0 bridgehead atoms. The van der Waals surface area contributed by atoms with Crippen LogP contribution in [-0.4, -0.2) is 43.8 Å². The summed E-state index contributed by atoms with van der Waals surface area (Å²) in [6.45, 7) is 6.71. The van der Waals surface area contributed by atoms with Gasteiger partial charge in [0.05, 0.1) is 0 Å². The van der Waals surface area contributed by atoms with Crippen LogP contribution < -0.4 is 4.74 Å². The number of rotatable bonds is 4. The minimum Gasteiger partial charge on any atom is -0.490 e. The van der Waals surface area contributed by atoms with Gasteiger partial charge in [0.1, 0.15) is 23.9 Å². The summed E-state index contributed by atoms with van der Waals surface area (Å²) in [5.41, 5.74) is 4.33. The molecular formula is C20H23N5O2. The highest BCUT2D eigenvalue weighted by atomic mass is 16.5. The largest absolute Gasteiger partial charge is 0.490 e.